The molecule has 0 aromatic carbocycles. The smallest absolute Gasteiger partial charge is 0.222 e. The number of pyridine rings is 1. The number of likely N-dealkylation sites (tertiary alicyclic amines) is 1. The van der Waals surface area contributed by atoms with Crippen molar-refractivity contribution in [3.8, 4) is 0 Å². The van der Waals surface area contributed by atoms with Gasteiger partial charge in [0.2, 0.25) is 5.91 Å². The van der Waals surface area contributed by atoms with Gasteiger partial charge in [0.25, 0.3) is 0 Å². The van der Waals surface area contributed by atoms with E-state index < -0.39 is 0 Å². The number of hydrogen-bond acceptors (Lipinski definition) is 5. The molecule has 0 unspecified atom stereocenters. The minimum Gasteiger partial charge on any atom is -0.373 e. The van der Waals surface area contributed by atoms with Gasteiger partial charge in [-0.25, -0.2) is 4.98 Å². The second-order valence-electron chi connectivity index (χ2n) is 6.71. The van der Waals surface area contributed by atoms with Crippen LogP contribution in [0.4, 0.5) is 5.82 Å². The SMILES string of the molecule is CNc1cc([C@@H]2CCCN(C(=O)CCc3c(C)noc3C)C2)ccn1. The van der Waals surface area contributed by atoms with Crippen LogP contribution in [0, 0.1) is 13.8 Å². The molecule has 0 radical (unpaired) electrons. The average molecular weight is 342 g/mol. The molecule has 2 aromatic rings. The summed E-state index contributed by atoms with van der Waals surface area (Å²) in [7, 11) is 1.87. The summed E-state index contributed by atoms with van der Waals surface area (Å²) in [4.78, 5) is 18.9. The van der Waals surface area contributed by atoms with Crippen LogP contribution >= 0.6 is 0 Å². The Morgan fingerprint density at radius 2 is 2.28 bits per heavy atom. The van der Waals surface area contributed by atoms with E-state index in [9.17, 15) is 4.79 Å². The maximum atomic E-state index is 12.7. The van der Waals surface area contributed by atoms with Crippen LogP contribution in [0.5, 0.6) is 0 Å². The lowest BCUT2D eigenvalue weighted by molar-refractivity contribution is -0.132. The van der Waals surface area contributed by atoms with Gasteiger partial charge in [-0.1, -0.05) is 5.16 Å². The fourth-order valence-electron chi connectivity index (χ4n) is 3.56. The maximum Gasteiger partial charge on any atom is 0.222 e. The van der Waals surface area contributed by atoms with Crippen molar-refractivity contribution < 1.29 is 9.32 Å². The van der Waals surface area contributed by atoms with Gasteiger partial charge >= 0.3 is 0 Å². The molecule has 1 saturated heterocycles. The van der Waals surface area contributed by atoms with Crippen LogP contribution in [0.25, 0.3) is 0 Å². The molecule has 1 atom stereocenters. The van der Waals surface area contributed by atoms with Gasteiger partial charge in [-0.2, -0.15) is 0 Å². The fraction of sp³-hybridized carbons (Fsp3) is 0.526. The number of aromatic nitrogens is 2. The zero-order valence-electron chi connectivity index (χ0n) is 15.2. The summed E-state index contributed by atoms with van der Waals surface area (Å²) in [5.41, 5.74) is 3.20. The topological polar surface area (TPSA) is 71.3 Å². The predicted molar refractivity (Wildman–Crippen MR) is 96.6 cm³/mol. The lowest BCUT2D eigenvalue weighted by Gasteiger charge is -2.33. The number of rotatable bonds is 5. The molecule has 6 heteroatoms. The van der Waals surface area contributed by atoms with E-state index >= 15 is 0 Å². The summed E-state index contributed by atoms with van der Waals surface area (Å²) in [6.45, 7) is 5.46. The highest BCUT2D eigenvalue weighted by atomic mass is 16.5. The van der Waals surface area contributed by atoms with Crippen LogP contribution in [0.2, 0.25) is 0 Å². The lowest BCUT2D eigenvalue weighted by atomic mass is 9.91. The number of carbonyl (C=O) groups excluding carboxylic acids is 1. The lowest BCUT2D eigenvalue weighted by Crippen LogP contribution is -2.39. The molecule has 0 bridgehead atoms. The van der Waals surface area contributed by atoms with Gasteiger partial charge in [0.05, 0.1) is 5.69 Å². The number of hydrogen-bond donors (Lipinski definition) is 1. The van der Waals surface area contributed by atoms with Gasteiger partial charge in [0.1, 0.15) is 11.6 Å². The third-order valence-electron chi connectivity index (χ3n) is 5.06. The number of amides is 1. The molecule has 0 saturated carbocycles. The molecule has 1 N–H and O–H groups in total. The Hall–Kier alpha value is -2.37. The summed E-state index contributed by atoms with van der Waals surface area (Å²) < 4.78 is 5.18. The second kappa shape index (κ2) is 7.68. The first-order valence-electron chi connectivity index (χ1n) is 8.91. The van der Waals surface area contributed by atoms with Crippen molar-refractivity contribution in [2.75, 3.05) is 25.5 Å². The van der Waals surface area contributed by atoms with Gasteiger partial charge in [-0.15, -0.1) is 0 Å². The van der Waals surface area contributed by atoms with Crippen molar-refractivity contribution in [2.24, 2.45) is 0 Å². The van der Waals surface area contributed by atoms with Crippen molar-refractivity contribution in [3.05, 3.63) is 40.9 Å². The number of aryl methyl sites for hydroxylation is 2. The first-order valence-corrected chi connectivity index (χ1v) is 8.91. The Labute approximate surface area is 148 Å². The molecule has 1 fully saturated rings. The van der Waals surface area contributed by atoms with Crippen LogP contribution in [-0.2, 0) is 11.2 Å². The Bertz CT molecular complexity index is 721. The zero-order chi connectivity index (χ0) is 17.8. The summed E-state index contributed by atoms with van der Waals surface area (Å²) in [5.74, 6) is 2.29. The number of nitrogens with zero attached hydrogens (tertiary/aromatic N) is 3. The summed E-state index contributed by atoms with van der Waals surface area (Å²) in [6, 6.07) is 4.14. The highest BCUT2D eigenvalue weighted by Gasteiger charge is 2.25. The van der Waals surface area contributed by atoms with Gasteiger partial charge in [0.15, 0.2) is 0 Å². The maximum absolute atomic E-state index is 12.7. The summed E-state index contributed by atoms with van der Waals surface area (Å²) in [6.07, 6.45) is 5.19. The van der Waals surface area contributed by atoms with Crippen LogP contribution in [0.3, 0.4) is 0 Å². The Balaban J connectivity index is 1.61. The third kappa shape index (κ3) is 4.00. The van der Waals surface area contributed by atoms with E-state index in [4.69, 9.17) is 4.52 Å². The Morgan fingerprint density at radius 1 is 1.44 bits per heavy atom. The monoisotopic (exact) mass is 342 g/mol. The molecule has 0 spiro atoms. The molecule has 0 aliphatic carbocycles. The van der Waals surface area contributed by atoms with Crippen LogP contribution < -0.4 is 5.32 Å². The van der Waals surface area contributed by atoms with Crippen molar-refractivity contribution in [3.63, 3.8) is 0 Å². The van der Waals surface area contributed by atoms with E-state index in [2.05, 4.69) is 27.6 Å². The van der Waals surface area contributed by atoms with Gasteiger partial charge in [0, 0.05) is 44.2 Å². The zero-order valence-corrected chi connectivity index (χ0v) is 15.2. The van der Waals surface area contributed by atoms with Crippen molar-refractivity contribution in [1.29, 1.82) is 0 Å². The van der Waals surface area contributed by atoms with Crippen molar-refractivity contribution in [2.45, 2.75) is 45.4 Å². The van der Waals surface area contributed by atoms with Gasteiger partial charge in [-0.3, -0.25) is 4.79 Å². The number of nitrogens with one attached hydrogen (secondary N) is 1. The Kier molecular flexibility index (Phi) is 5.36. The molecule has 2 aromatic heterocycles. The van der Waals surface area contributed by atoms with Crippen molar-refractivity contribution >= 4 is 11.7 Å². The van der Waals surface area contributed by atoms with Gasteiger partial charge < -0.3 is 14.7 Å². The van der Waals surface area contributed by atoms with E-state index in [1.54, 1.807) is 0 Å². The molecular formula is C19H26N4O2. The van der Waals surface area contributed by atoms with Crippen molar-refractivity contribution in [1.82, 2.24) is 15.0 Å². The van der Waals surface area contributed by atoms with E-state index in [0.717, 1.165) is 48.8 Å². The minimum absolute atomic E-state index is 0.215. The minimum atomic E-state index is 0.215. The summed E-state index contributed by atoms with van der Waals surface area (Å²) in [5, 5.41) is 7.04. The molecule has 1 aliphatic heterocycles. The molecule has 1 aliphatic rings. The average Bonchev–Trinajstić information content (AvgIpc) is 2.97. The molecule has 3 rings (SSSR count). The quantitative estimate of drug-likeness (QED) is 0.904. The number of piperidine rings is 1. The van der Waals surface area contributed by atoms with Crippen LogP contribution in [-0.4, -0.2) is 41.1 Å². The largest absolute Gasteiger partial charge is 0.373 e. The highest BCUT2D eigenvalue weighted by molar-refractivity contribution is 5.76. The molecule has 1 amide bonds. The van der Waals surface area contributed by atoms with E-state index in [0.29, 0.717) is 18.8 Å². The van der Waals surface area contributed by atoms with Crippen LogP contribution in [0.1, 0.15) is 47.8 Å². The molecular weight excluding hydrogens is 316 g/mol. The van der Waals surface area contributed by atoms with E-state index in [-0.39, 0.29) is 5.91 Å². The normalized spacial score (nSPS) is 17.6. The highest BCUT2D eigenvalue weighted by Crippen LogP contribution is 2.28. The third-order valence-corrected chi connectivity index (χ3v) is 5.06. The second-order valence-corrected chi connectivity index (χ2v) is 6.71. The molecule has 3 heterocycles. The molecule has 6 nitrogen and oxygen atoms in total. The first-order chi connectivity index (χ1) is 12.1. The van der Waals surface area contributed by atoms with E-state index in [1.807, 2.05) is 32.0 Å². The molecule has 134 valence electrons. The van der Waals surface area contributed by atoms with E-state index in [1.165, 1.54) is 5.56 Å². The standard InChI is InChI=1S/C19H26N4O2/c1-13-17(14(2)25-22-13)6-7-19(24)23-10-4-5-16(12-23)15-8-9-21-18(11-15)20-3/h8-9,11,16H,4-7,10,12H2,1-3H3,(H,20,21)/t16-/m1/s1. The number of anilines is 1. The fourth-order valence-corrected chi connectivity index (χ4v) is 3.56. The van der Waals surface area contributed by atoms with Crippen LogP contribution in [0.15, 0.2) is 22.9 Å². The predicted octanol–water partition coefficient (Wildman–Crippen LogP) is 3.07. The van der Waals surface area contributed by atoms with Gasteiger partial charge in [-0.05, 0) is 50.8 Å². The molecule has 25 heavy (non-hydrogen) atoms. The Morgan fingerprint density at radius 3 is 3.00 bits per heavy atom. The first kappa shape index (κ1) is 17.5. The number of carbonyl (C=O) groups is 1. The summed E-state index contributed by atoms with van der Waals surface area (Å²) >= 11 is 0.